The summed E-state index contributed by atoms with van der Waals surface area (Å²) in [4.78, 5) is 3.96. The lowest BCUT2D eigenvalue weighted by Gasteiger charge is -2.21. The molecule has 0 amide bonds. The Morgan fingerprint density at radius 1 is 1.21 bits per heavy atom. The SMILES string of the molecule is CC(C)COP(=O)(Nc1cccnc1)OCC(C)C. The van der Waals surface area contributed by atoms with E-state index in [-0.39, 0.29) is 11.8 Å². The fourth-order valence-corrected chi connectivity index (χ4v) is 2.82. The van der Waals surface area contributed by atoms with Crippen molar-refractivity contribution in [1.29, 1.82) is 0 Å². The quantitative estimate of drug-likeness (QED) is 0.733. The van der Waals surface area contributed by atoms with Crippen molar-refractivity contribution in [2.45, 2.75) is 27.7 Å². The molecule has 108 valence electrons. The summed E-state index contributed by atoms with van der Waals surface area (Å²) in [6.07, 6.45) is 3.24. The molecule has 0 aliphatic heterocycles. The van der Waals surface area contributed by atoms with Gasteiger partial charge in [0.2, 0.25) is 0 Å². The van der Waals surface area contributed by atoms with E-state index in [0.717, 1.165) is 0 Å². The topological polar surface area (TPSA) is 60.5 Å². The Labute approximate surface area is 115 Å². The van der Waals surface area contributed by atoms with Crippen molar-refractivity contribution in [3.63, 3.8) is 0 Å². The number of anilines is 1. The second-order valence-corrected chi connectivity index (χ2v) is 6.97. The predicted octanol–water partition coefficient (Wildman–Crippen LogP) is 3.95. The van der Waals surface area contributed by atoms with Crippen LogP contribution < -0.4 is 5.09 Å². The predicted molar refractivity (Wildman–Crippen MR) is 77.0 cm³/mol. The fraction of sp³-hybridized carbons (Fsp3) is 0.615. The van der Waals surface area contributed by atoms with Crippen molar-refractivity contribution in [3.8, 4) is 0 Å². The van der Waals surface area contributed by atoms with E-state index < -0.39 is 7.75 Å². The first-order valence-electron chi connectivity index (χ1n) is 6.48. The van der Waals surface area contributed by atoms with Crippen LogP contribution in [-0.4, -0.2) is 18.2 Å². The van der Waals surface area contributed by atoms with Gasteiger partial charge in [-0.1, -0.05) is 27.7 Å². The molecule has 0 aliphatic carbocycles. The summed E-state index contributed by atoms with van der Waals surface area (Å²) in [6.45, 7) is 8.74. The van der Waals surface area contributed by atoms with Crippen LogP contribution in [0.2, 0.25) is 0 Å². The number of nitrogens with one attached hydrogen (secondary N) is 1. The number of hydrogen-bond acceptors (Lipinski definition) is 4. The maximum Gasteiger partial charge on any atom is 0.432 e. The summed E-state index contributed by atoms with van der Waals surface area (Å²) in [5, 5.41) is 2.81. The Hall–Kier alpha value is -0.900. The zero-order chi connectivity index (χ0) is 14.3. The molecule has 0 atom stereocenters. The van der Waals surface area contributed by atoms with Crippen LogP contribution in [-0.2, 0) is 13.6 Å². The average molecular weight is 286 g/mol. The summed E-state index contributed by atoms with van der Waals surface area (Å²) < 4.78 is 23.5. The highest BCUT2D eigenvalue weighted by Crippen LogP contribution is 2.48. The third kappa shape index (κ3) is 6.71. The van der Waals surface area contributed by atoms with E-state index in [1.165, 1.54) is 0 Å². The van der Waals surface area contributed by atoms with Gasteiger partial charge in [0.1, 0.15) is 0 Å². The molecule has 1 heterocycles. The van der Waals surface area contributed by atoms with Crippen LogP contribution in [0.15, 0.2) is 24.5 Å². The minimum Gasteiger partial charge on any atom is -0.292 e. The molecule has 6 heteroatoms. The summed E-state index contributed by atoms with van der Waals surface area (Å²) in [7, 11) is -3.34. The van der Waals surface area contributed by atoms with Crippen molar-refractivity contribution in [3.05, 3.63) is 24.5 Å². The largest absolute Gasteiger partial charge is 0.432 e. The van der Waals surface area contributed by atoms with Gasteiger partial charge >= 0.3 is 7.75 Å². The first-order valence-corrected chi connectivity index (χ1v) is 8.03. The van der Waals surface area contributed by atoms with E-state index in [4.69, 9.17) is 9.05 Å². The van der Waals surface area contributed by atoms with Crippen LogP contribution in [0.25, 0.3) is 0 Å². The fourth-order valence-electron chi connectivity index (χ4n) is 1.18. The molecule has 0 saturated carbocycles. The van der Waals surface area contributed by atoms with Gasteiger partial charge in [-0.25, -0.2) is 4.57 Å². The van der Waals surface area contributed by atoms with Crippen molar-refractivity contribution in [2.75, 3.05) is 18.3 Å². The highest BCUT2D eigenvalue weighted by molar-refractivity contribution is 7.55. The maximum absolute atomic E-state index is 12.6. The smallest absolute Gasteiger partial charge is 0.292 e. The molecule has 19 heavy (non-hydrogen) atoms. The molecular weight excluding hydrogens is 263 g/mol. The monoisotopic (exact) mass is 286 g/mol. The van der Waals surface area contributed by atoms with Gasteiger partial charge in [-0.15, -0.1) is 0 Å². The van der Waals surface area contributed by atoms with Crippen LogP contribution in [0.3, 0.4) is 0 Å². The van der Waals surface area contributed by atoms with Gasteiger partial charge < -0.3 is 0 Å². The summed E-state index contributed by atoms with van der Waals surface area (Å²) in [6, 6.07) is 3.54. The highest BCUT2D eigenvalue weighted by Gasteiger charge is 2.26. The molecule has 0 bridgehead atoms. The third-order valence-corrected chi connectivity index (χ3v) is 3.59. The van der Waals surface area contributed by atoms with Gasteiger partial charge in [0.25, 0.3) is 0 Å². The average Bonchev–Trinajstić information content (AvgIpc) is 2.36. The maximum atomic E-state index is 12.6. The molecule has 1 rings (SSSR count). The molecule has 0 spiro atoms. The molecule has 0 unspecified atom stereocenters. The molecule has 0 fully saturated rings. The van der Waals surface area contributed by atoms with Crippen molar-refractivity contribution >= 4 is 13.4 Å². The van der Waals surface area contributed by atoms with Crippen LogP contribution in [0.5, 0.6) is 0 Å². The van der Waals surface area contributed by atoms with Crippen molar-refractivity contribution in [1.82, 2.24) is 4.98 Å². The van der Waals surface area contributed by atoms with Gasteiger partial charge in [-0.2, -0.15) is 0 Å². The summed E-state index contributed by atoms with van der Waals surface area (Å²) in [5.41, 5.74) is 0.623. The minimum atomic E-state index is -3.34. The molecule has 0 saturated heterocycles. The molecule has 1 aromatic heterocycles. The zero-order valence-electron chi connectivity index (χ0n) is 12.0. The minimum absolute atomic E-state index is 0.284. The molecule has 1 aromatic rings. The van der Waals surface area contributed by atoms with Gasteiger partial charge in [0.05, 0.1) is 25.1 Å². The van der Waals surface area contributed by atoms with E-state index in [9.17, 15) is 4.57 Å². The molecule has 5 nitrogen and oxygen atoms in total. The number of aromatic nitrogens is 1. The number of nitrogens with zero attached hydrogens (tertiary/aromatic N) is 1. The Balaban J connectivity index is 2.70. The molecule has 0 aliphatic rings. The molecule has 0 aromatic carbocycles. The first-order chi connectivity index (χ1) is 8.91. The standard InChI is InChI=1S/C13H23N2O3P/c1-11(2)9-17-19(16,18-10-12(3)4)15-13-6-5-7-14-8-13/h5-8,11-12H,9-10H2,1-4H3,(H,15,16). The van der Waals surface area contributed by atoms with Crippen molar-refractivity contribution in [2.24, 2.45) is 11.8 Å². The van der Waals surface area contributed by atoms with Gasteiger partial charge in [0, 0.05) is 6.20 Å². The van der Waals surface area contributed by atoms with Crippen LogP contribution in [0.4, 0.5) is 5.69 Å². The lowest BCUT2D eigenvalue weighted by Crippen LogP contribution is -2.11. The van der Waals surface area contributed by atoms with E-state index in [1.807, 2.05) is 27.7 Å². The van der Waals surface area contributed by atoms with E-state index >= 15 is 0 Å². The normalized spacial score (nSPS) is 12.1. The number of pyridine rings is 1. The van der Waals surface area contributed by atoms with Gasteiger partial charge in [-0.3, -0.25) is 19.1 Å². The van der Waals surface area contributed by atoms with Gasteiger partial charge in [0.15, 0.2) is 0 Å². The van der Waals surface area contributed by atoms with Gasteiger partial charge in [-0.05, 0) is 24.0 Å². The highest BCUT2D eigenvalue weighted by atomic mass is 31.2. The summed E-state index contributed by atoms with van der Waals surface area (Å²) >= 11 is 0. The Kier molecular flexibility index (Phi) is 6.49. The van der Waals surface area contributed by atoms with E-state index in [0.29, 0.717) is 18.9 Å². The summed E-state index contributed by atoms with van der Waals surface area (Å²) in [5.74, 6) is 0.568. The Morgan fingerprint density at radius 2 is 1.79 bits per heavy atom. The van der Waals surface area contributed by atoms with E-state index in [1.54, 1.807) is 24.5 Å². The Morgan fingerprint density at radius 3 is 2.21 bits per heavy atom. The lowest BCUT2D eigenvalue weighted by molar-refractivity contribution is 0.177. The second kappa shape index (κ2) is 7.63. The van der Waals surface area contributed by atoms with Crippen molar-refractivity contribution < 1.29 is 13.6 Å². The van der Waals surface area contributed by atoms with Crippen LogP contribution in [0.1, 0.15) is 27.7 Å². The van der Waals surface area contributed by atoms with E-state index in [2.05, 4.69) is 10.1 Å². The third-order valence-electron chi connectivity index (χ3n) is 2.08. The molecular formula is C13H23N2O3P. The molecule has 1 N–H and O–H groups in total. The Bertz CT molecular complexity index is 394. The number of hydrogen-bond donors (Lipinski definition) is 1. The van der Waals surface area contributed by atoms with Crippen LogP contribution in [0, 0.1) is 11.8 Å². The van der Waals surface area contributed by atoms with Crippen LogP contribution >= 0.6 is 7.75 Å². The molecule has 0 radical (unpaired) electrons. The zero-order valence-corrected chi connectivity index (χ0v) is 12.9. The first kappa shape index (κ1) is 16.2. The number of rotatable bonds is 8. The second-order valence-electron chi connectivity index (χ2n) is 5.23. The lowest BCUT2D eigenvalue weighted by atomic mass is 10.2.